The van der Waals surface area contributed by atoms with Gasteiger partial charge in [-0.05, 0) is 55.7 Å². The second kappa shape index (κ2) is 7.22. The maximum atomic E-state index is 5.35. The first kappa shape index (κ1) is 16.2. The number of methoxy groups -OCH3 is 1. The van der Waals surface area contributed by atoms with Crippen molar-refractivity contribution >= 4 is 23.0 Å². The van der Waals surface area contributed by atoms with E-state index in [0.29, 0.717) is 11.0 Å². The molecule has 0 fully saturated rings. The van der Waals surface area contributed by atoms with Crippen molar-refractivity contribution in [2.75, 3.05) is 12.4 Å². The highest BCUT2D eigenvalue weighted by molar-refractivity contribution is 7.80. The second-order valence-corrected chi connectivity index (χ2v) is 5.66. The van der Waals surface area contributed by atoms with Crippen LogP contribution in [0.25, 0.3) is 0 Å². The lowest BCUT2D eigenvalue weighted by molar-refractivity contribution is 0.398. The Hall–Kier alpha value is -2.14. The Morgan fingerprint density at radius 2 is 1.95 bits per heavy atom. The molecule has 1 atom stereocenters. The standard InChI is InChI=1S/C17H21N3OS/c1-11-5-6-14(9-12(11)2)13(3)19-17(22)20-15-7-8-16(21-4)18-10-15/h5-10,13H,1-4H3,(H2,19,20,22)/t13-/m1/s1. The molecule has 22 heavy (non-hydrogen) atoms. The molecule has 0 aliphatic heterocycles. The van der Waals surface area contributed by atoms with Crippen molar-refractivity contribution < 1.29 is 4.74 Å². The van der Waals surface area contributed by atoms with E-state index in [0.717, 1.165) is 5.69 Å². The van der Waals surface area contributed by atoms with Gasteiger partial charge in [-0.3, -0.25) is 0 Å². The average Bonchev–Trinajstić information content (AvgIpc) is 2.50. The molecule has 1 aromatic carbocycles. The average molecular weight is 315 g/mol. The van der Waals surface area contributed by atoms with Gasteiger partial charge in [0.25, 0.3) is 0 Å². The highest BCUT2D eigenvalue weighted by atomic mass is 32.1. The zero-order chi connectivity index (χ0) is 16.1. The van der Waals surface area contributed by atoms with Gasteiger partial charge in [0.15, 0.2) is 5.11 Å². The molecule has 0 unspecified atom stereocenters. The zero-order valence-electron chi connectivity index (χ0n) is 13.3. The van der Waals surface area contributed by atoms with Crippen molar-refractivity contribution in [1.29, 1.82) is 0 Å². The third kappa shape index (κ3) is 4.18. The van der Waals surface area contributed by atoms with Crippen molar-refractivity contribution in [1.82, 2.24) is 10.3 Å². The first-order chi connectivity index (χ1) is 10.5. The van der Waals surface area contributed by atoms with E-state index in [1.54, 1.807) is 19.4 Å². The Morgan fingerprint density at radius 1 is 1.18 bits per heavy atom. The normalized spacial score (nSPS) is 11.6. The maximum Gasteiger partial charge on any atom is 0.213 e. The van der Waals surface area contributed by atoms with Crippen LogP contribution >= 0.6 is 12.2 Å². The number of thiocarbonyl (C=S) groups is 1. The SMILES string of the molecule is COc1ccc(NC(=S)N[C@H](C)c2ccc(C)c(C)c2)cn1. The molecule has 0 aliphatic carbocycles. The van der Waals surface area contributed by atoms with Crippen molar-refractivity contribution in [2.24, 2.45) is 0 Å². The molecule has 5 heteroatoms. The van der Waals surface area contributed by atoms with E-state index in [2.05, 4.69) is 54.6 Å². The van der Waals surface area contributed by atoms with Crippen LogP contribution in [0, 0.1) is 13.8 Å². The van der Waals surface area contributed by atoms with Crippen LogP contribution in [0.2, 0.25) is 0 Å². The largest absolute Gasteiger partial charge is 0.481 e. The van der Waals surface area contributed by atoms with Gasteiger partial charge in [0.05, 0.1) is 25.0 Å². The van der Waals surface area contributed by atoms with Gasteiger partial charge in [0.1, 0.15) is 0 Å². The molecular weight excluding hydrogens is 294 g/mol. The Labute approximate surface area is 136 Å². The number of aromatic nitrogens is 1. The summed E-state index contributed by atoms with van der Waals surface area (Å²) in [6.45, 7) is 6.32. The lowest BCUT2D eigenvalue weighted by atomic mass is 10.0. The Morgan fingerprint density at radius 3 is 2.55 bits per heavy atom. The summed E-state index contributed by atoms with van der Waals surface area (Å²) in [5, 5.41) is 6.97. The minimum atomic E-state index is 0.130. The predicted molar refractivity (Wildman–Crippen MR) is 94.5 cm³/mol. The van der Waals surface area contributed by atoms with E-state index < -0.39 is 0 Å². The number of rotatable bonds is 4. The highest BCUT2D eigenvalue weighted by Crippen LogP contribution is 2.17. The number of anilines is 1. The summed E-state index contributed by atoms with van der Waals surface area (Å²) < 4.78 is 5.03. The lowest BCUT2D eigenvalue weighted by Crippen LogP contribution is -2.31. The van der Waals surface area contributed by atoms with Crippen LogP contribution in [0.15, 0.2) is 36.5 Å². The number of hydrogen-bond donors (Lipinski definition) is 2. The zero-order valence-corrected chi connectivity index (χ0v) is 14.1. The van der Waals surface area contributed by atoms with E-state index in [-0.39, 0.29) is 6.04 Å². The molecule has 0 bridgehead atoms. The third-order valence-electron chi connectivity index (χ3n) is 3.58. The minimum Gasteiger partial charge on any atom is -0.481 e. The molecule has 0 saturated carbocycles. The highest BCUT2D eigenvalue weighted by Gasteiger charge is 2.08. The van der Waals surface area contributed by atoms with Gasteiger partial charge >= 0.3 is 0 Å². The Balaban J connectivity index is 1.96. The fourth-order valence-electron chi connectivity index (χ4n) is 2.06. The van der Waals surface area contributed by atoms with Gasteiger partial charge in [-0.1, -0.05) is 18.2 Å². The van der Waals surface area contributed by atoms with E-state index >= 15 is 0 Å². The topological polar surface area (TPSA) is 46.2 Å². The first-order valence-electron chi connectivity index (χ1n) is 7.14. The van der Waals surface area contributed by atoms with Gasteiger partial charge in [-0.2, -0.15) is 0 Å². The quantitative estimate of drug-likeness (QED) is 0.841. The predicted octanol–water partition coefficient (Wildman–Crippen LogP) is 3.75. The fourth-order valence-corrected chi connectivity index (χ4v) is 2.35. The molecule has 0 aliphatic rings. The summed E-state index contributed by atoms with van der Waals surface area (Å²) in [7, 11) is 1.59. The van der Waals surface area contributed by atoms with E-state index in [4.69, 9.17) is 17.0 Å². The molecule has 4 nitrogen and oxygen atoms in total. The van der Waals surface area contributed by atoms with Gasteiger partial charge in [-0.25, -0.2) is 4.98 Å². The summed E-state index contributed by atoms with van der Waals surface area (Å²) in [4.78, 5) is 4.14. The fraction of sp³-hybridized carbons (Fsp3) is 0.294. The van der Waals surface area contributed by atoms with Gasteiger partial charge in [-0.15, -0.1) is 0 Å². The number of ether oxygens (including phenoxy) is 1. The number of pyridine rings is 1. The van der Waals surface area contributed by atoms with Crippen molar-refractivity contribution in [3.63, 3.8) is 0 Å². The lowest BCUT2D eigenvalue weighted by Gasteiger charge is -2.18. The molecule has 0 saturated heterocycles. The molecule has 0 amide bonds. The number of nitrogens with one attached hydrogen (secondary N) is 2. The second-order valence-electron chi connectivity index (χ2n) is 5.25. The van der Waals surface area contributed by atoms with Crippen LogP contribution < -0.4 is 15.4 Å². The van der Waals surface area contributed by atoms with E-state index in [9.17, 15) is 0 Å². The molecule has 0 radical (unpaired) electrons. The van der Waals surface area contributed by atoms with Crippen LogP contribution in [0.5, 0.6) is 5.88 Å². The van der Waals surface area contributed by atoms with Gasteiger partial charge in [0, 0.05) is 6.07 Å². The van der Waals surface area contributed by atoms with Gasteiger partial charge in [0.2, 0.25) is 5.88 Å². The number of benzene rings is 1. The molecule has 1 aromatic heterocycles. The van der Waals surface area contributed by atoms with Crippen LogP contribution in [0.3, 0.4) is 0 Å². The summed E-state index contributed by atoms with van der Waals surface area (Å²) in [6.07, 6.45) is 1.69. The molecule has 2 N–H and O–H groups in total. The van der Waals surface area contributed by atoms with E-state index in [1.165, 1.54) is 16.7 Å². The van der Waals surface area contributed by atoms with Crippen molar-refractivity contribution in [3.8, 4) is 5.88 Å². The molecule has 0 spiro atoms. The van der Waals surface area contributed by atoms with Crippen LogP contribution in [0.1, 0.15) is 29.7 Å². The smallest absolute Gasteiger partial charge is 0.213 e. The van der Waals surface area contributed by atoms with E-state index in [1.807, 2.05) is 6.07 Å². The van der Waals surface area contributed by atoms with Gasteiger partial charge < -0.3 is 15.4 Å². The van der Waals surface area contributed by atoms with Crippen LogP contribution in [-0.2, 0) is 0 Å². The minimum absolute atomic E-state index is 0.130. The monoisotopic (exact) mass is 315 g/mol. The maximum absolute atomic E-state index is 5.35. The molecular formula is C17H21N3OS. The van der Waals surface area contributed by atoms with Crippen molar-refractivity contribution in [3.05, 3.63) is 53.2 Å². The summed E-state index contributed by atoms with van der Waals surface area (Å²) in [5.74, 6) is 0.577. The number of nitrogens with zero attached hydrogens (tertiary/aromatic N) is 1. The van der Waals surface area contributed by atoms with Crippen LogP contribution in [0.4, 0.5) is 5.69 Å². The molecule has 2 rings (SSSR count). The first-order valence-corrected chi connectivity index (χ1v) is 7.55. The summed E-state index contributed by atoms with van der Waals surface area (Å²) >= 11 is 5.35. The Kier molecular flexibility index (Phi) is 5.33. The Bertz CT molecular complexity index is 655. The van der Waals surface area contributed by atoms with Crippen LogP contribution in [-0.4, -0.2) is 17.2 Å². The summed E-state index contributed by atoms with van der Waals surface area (Å²) in [6, 6.07) is 10.2. The summed E-state index contributed by atoms with van der Waals surface area (Å²) in [5.41, 5.74) is 4.61. The molecule has 2 aromatic rings. The third-order valence-corrected chi connectivity index (χ3v) is 3.80. The molecule has 116 valence electrons. The van der Waals surface area contributed by atoms with Crippen molar-refractivity contribution in [2.45, 2.75) is 26.8 Å². The number of aryl methyl sites for hydroxylation is 2. The number of hydrogen-bond acceptors (Lipinski definition) is 3. The molecule has 1 heterocycles.